The molecule has 0 fully saturated rings. The number of nitrogens with zero attached hydrogens (tertiary/aromatic N) is 3. The average Bonchev–Trinajstić information content (AvgIpc) is 4.38. The Labute approximate surface area is 479 Å². The predicted octanol–water partition coefficient (Wildman–Crippen LogP) is 20.7. The van der Waals surface area contributed by atoms with E-state index < -0.39 is 0 Å². The minimum Gasteiger partial charge on any atom is -0.464 e. The molecule has 396 valence electrons. The van der Waals surface area contributed by atoms with Crippen LogP contribution in [-0.4, -0.2) is 29.9 Å². The summed E-state index contributed by atoms with van der Waals surface area (Å²) in [6, 6.07) is 85.2. The summed E-state index contributed by atoms with van der Waals surface area (Å²) in [7, 11) is 0. The lowest BCUT2D eigenvalue weighted by Gasteiger charge is -1.83. The Morgan fingerprint density at radius 2 is 0.728 bits per heavy atom. The summed E-state index contributed by atoms with van der Waals surface area (Å²) in [4.78, 5) is 21.4. The van der Waals surface area contributed by atoms with Crippen molar-refractivity contribution in [2.75, 3.05) is 0 Å². The number of nitrogens with one attached hydrogen (secondary N) is 3. The van der Waals surface area contributed by atoms with E-state index in [2.05, 4.69) is 144 Å². The summed E-state index contributed by atoms with van der Waals surface area (Å²) < 4.78 is 19.2. The van der Waals surface area contributed by atoms with Gasteiger partial charge in [-0.3, -0.25) is 0 Å². The standard InChI is InChI=1S/2C8H7N.2C8H6O.2C8H6S.C7H6N2.C7H5NO.C7H5NS/c6*1-2-4-8-7(3-1)5-6-9-8;3*1-2-4-7-6(3-1)8-5-9-7/h2*1-6,9H;4*1-6H;1-5H,(H,8,9);2*1-5H. The molecule has 18 aromatic rings. The van der Waals surface area contributed by atoms with Crippen LogP contribution in [0, 0.1) is 0 Å². The van der Waals surface area contributed by atoms with Gasteiger partial charge in [-0.05, 0) is 141 Å². The van der Waals surface area contributed by atoms with Crippen molar-refractivity contribution < 1.29 is 13.3 Å². The largest absolute Gasteiger partial charge is 0.464 e. The monoisotopic (exact) mass is 1110 g/mol. The first-order valence-corrected chi connectivity index (χ1v) is 28.5. The fourth-order valence-corrected chi connectivity index (χ4v) is 10.4. The molecule has 3 N–H and O–H groups in total. The highest BCUT2D eigenvalue weighted by molar-refractivity contribution is 7.17. The number of thiophene rings is 2. The van der Waals surface area contributed by atoms with Gasteiger partial charge in [-0.25, -0.2) is 15.0 Å². The second-order valence-electron chi connectivity index (χ2n) is 17.5. The Morgan fingerprint density at radius 3 is 1.23 bits per heavy atom. The van der Waals surface area contributed by atoms with Crippen LogP contribution in [0.2, 0.25) is 0 Å². The lowest BCUT2D eigenvalue weighted by atomic mass is 10.3. The van der Waals surface area contributed by atoms with E-state index in [4.69, 9.17) is 13.3 Å². The van der Waals surface area contributed by atoms with Crippen molar-refractivity contribution in [1.29, 1.82) is 0 Å². The normalized spacial score (nSPS) is 10.2. The van der Waals surface area contributed by atoms with E-state index in [1.165, 1.54) is 53.1 Å². The molecule has 0 unspecified atom stereocenters. The van der Waals surface area contributed by atoms with Gasteiger partial charge in [0.05, 0.1) is 45.6 Å². The van der Waals surface area contributed by atoms with Gasteiger partial charge in [0, 0.05) is 43.6 Å². The quantitative estimate of drug-likeness (QED) is 0.139. The summed E-state index contributed by atoms with van der Waals surface area (Å²) in [5, 5.41) is 11.8. The number of imidazole rings is 1. The molecular weight excluding hydrogens is 1060 g/mol. The van der Waals surface area contributed by atoms with Crippen molar-refractivity contribution in [2.45, 2.75) is 0 Å². The Morgan fingerprint density at radius 1 is 0.284 bits per heavy atom. The molecule has 0 saturated carbocycles. The topological polar surface area (TPSA) is 125 Å². The van der Waals surface area contributed by atoms with Gasteiger partial charge < -0.3 is 28.2 Å². The fourth-order valence-electron chi connectivity index (χ4n) is 8.10. The second-order valence-corrected chi connectivity index (χ2v) is 20.3. The molecule has 0 saturated heterocycles. The van der Waals surface area contributed by atoms with Crippen molar-refractivity contribution in [1.82, 2.24) is 29.9 Å². The number of furan rings is 2. The molecule has 0 aliphatic heterocycles. The number of hydrogen-bond acceptors (Lipinski definition) is 9. The third kappa shape index (κ3) is 15.8. The van der Waals surface area contributed by atoms with Crippen molar-refractivity contribution in [3.63, 3.8) is 0 Å². The first-order chi connectivity index (χ1) is 40.2. The lowest BCUT2D eigenvalue weighted by Crippen LogP contribution is -1.63. The smallest absolute Gasteiger partial charge is 0.181 e. The number of fused-ring (bicyclic) bond motifs is 9. The number of para-hydroxylation sites is 9. The number of oxazole rings is 1. The number of aromatic amines is 3. The Balaban J connectivity index is 0.000000102. The van der Waals surface area contributed by atoms with E-state index in [0.717, 1.165) is 49.6 Å². The summed E-state index contributed by atoms with van der Waals surface area (Å²) in [6.07, 6.45) is 10.4. The first-order valence-electron chi connectivity index (χ1n) is 25.9. The summed E-state index contributed by atoms with van der Waals surface area (Å²) >= 11 is 5.25. The average molecular weight is 1110 g/mol. The molecular formula is C69H54N6O3S3. The van der Waals surface area contributed by atoms with E-state index in [1.54, 1.807) is 52.9 Å². The van der Waals surface area contributed by atoms with Gasteiger partial charge in [0.1, 0.15) is 16.7 Å². The van der Waals surface area contributed by atoms with E-state index in [0.29, 0.717) is 0 Å². The van der Waals surface area contributed by atoms with Gasteiger partial charge in [-0.15, -0.1) is 34.0 Å². The zero-order valence-electron chi connectivity index (χ0n) is 43.7. The van der Waals surface area contributed by atoms with Crippen molar-refractivity contribution in [3.05, 3.63) is 309 Å². The fraction of sp³-hybridized carbons (Fsp3) is 0. The van der Waals surface area contributed by atoms with Crippen molar-refractivity contribution in [2.24, 2.45) is 0 Å². The van der Waals surface area contributed by atoms with E-state index in [9.17, 15) is 0 Å². The van der Waals surface area contributed by atoms with Gasteiger partial charge in [0.15, 0.2) is 12.0 Å². The zero-order chi connectivity index (χ0) is 54.9. The Hall–Kier alpha value is -10.1. The Bertz CT molecular complexity index is 3470. The Kier molecular flexibility index (Phi) is 19.4. The lowest BCUT2D eigenvalue weighted by molar-refractivity contribution is 0.602. The van der Waals surface area contributed by atoms with Crippen LogP contribution in [0.5, 0.6) is 0 Å². The molecule has 9 heterocycles. The number of thiazole rings is 1. The van der Waals surface area contributed by atoms with E-state index in [1.807, 2.05) is 170 Å². The number of H-pyrrole nitrogens is 3. The molecule has 9 aromatic carbocycles. The van der Waals surface area contributed by atoms with Crippen molar-refractivity contribution >= 4 is 130 Å². The highest BCUT2D eigenvalue weighted by Gasteiger charge is 1.95. The number of aromatic nitrogens is 6. The summed E-state index contributed by atoms with van der Waals surface area (Å²) in [6.45, 7) is 0. The number of hydrogen-bond donors (Lipinski definition) is 3. The highest BCUT2D eigenvalue weighted by atomic mass is 32.1. The molecule has 81 heavy (non-hydrogen) atoms. The van der Waals surface area contributed by atoms with Crippen LogP contribution in [0.15, 0.2) is 322 Å². The molecule has 0 bridgehead atoms. The number of rotatable bonds is 0. The molecule has 0 aliphatic rings. The maximum Gasteiger partial charge on any atom is 0.181 e. The van der Waals surface area contributed by atoms with Gasteiger partial charge in [-0.1, -0.05) is 146 Å². The second kappa shape index (κ2) is 29.0. The van der Waals surface area contributed by atoms with Crippen LogP contribution in [-0.2, 0) is 0 Å². The molecule has 0 aliphatic carbocycles. The molecule has 0 amide bonds. The summed E-state index contributed by atoms with van der Waals surface area (Å²) in [5.74, 6) is 0. The maximum absolute atomic E-state index is 5.12. The van der Waals surface area contributed by atoms with E-state index in [-0.39, 0.29) is 0 Å². The van der Waals surface area contributed by atoms with Crippen LogP contribution in [0.3, 0.4) is 0 Å². The molecule has 9 nitrogen and oxygen atoms in total. The molecule has 0 atom stereocenters. The van der Waals surface area contributed by atoms with E-state index >= 15 is 0 Å². The molecule has 0 spiro atoms. The van der Waals surface area contributed by atoms with Crippen LogP contribution >= 0.6 is 34.0 Å². The zero-order valence-corrected chi connectivity index (χ0v) is 46.2. The third-order valence-corrected chi connectivity index (χ3v) is 14.8. The van der Waals surface area contributed by atoms with Gasteiger partial charge in [0.2, 0.25) is 0 Å². The molecule has 0 radical (unpaired) electrons. The minimum absolute atomic E-state index is 0.845. The molecule has 18 rings (SSSR count). The van der Waals surface area contributed by atoms with Crippen LogP contribution < -0.4 is 0 Å². The minimum atomic E-state index is 0.845. The van der Waals surface area contributed by atoms with Gasteiger partial charge in [0.25, 0.3) is 0 Å². The van der Waals surface area contributed by atoms with Gasteiger partial charge >= 0.3 is 0 Å². The van der Waals surface area contributed by atoms with Crippen LogP contribution in [0.4, 0.5) is 0 Å². The van der Waals surface area contributed by atoms with Crippen LogP contribution in [0.1, 0.15) is 0 Å². The van der Waals surface area contributed by atoms with Crippen molar-refractivity contribution in [3.8, 4) is 0 Å². The molecule has 9 aromatic heterocycles. The third-order valence-electron chi connectivity index (χ3n) is 12.2. The SMILES string of the molecule is c1ccc2[nH]ccc2c1.c1ccc2[nH]ccc2c1.c1ccc2[nH]cnc2c1.c1ccc2occc2c1.c1ccc2occc2c1.c1ccc2ocnc2c1.c1ccc2sccc2c1.c1ccc2sccc2c1.c1ccc2scnc2c1. The first kappa shape index (κ1) is 54.3. The predicted molar refractivity (Wildman–Crippen MR) is 342 cm³/mol. The van der Waals surface area contributed by atoms with Gasteiger partial charge in [-0.2, -0.15) is 0 Å². The van der Waals surface area contributed by atoms with Crippen LogP contribution in [0.25, 0.3) is 96.3 Å². The maximum atomic E-state index is 5.12. The molecule has 12 heteroatoms. The highest BCUT2D eigenvalue weighted by Crippen LogP contribution is 2.21. The summed E-state index contributed by atoms with van der Waals surface area (Å²) in [5.41, 5.74) is 11.2. The number of benzene rings is 9.